The van der Waals surface area contributed by atoms with Gasteiger partial charge in [0.05, 0.1) is 5.56 Å². The minimum Gasteiger partial charge on any atom is -0.340 e. The number of allylic oxidation sites excluding steroid dienone is 1. The summed E-state index contributed by atoms with van der Waals surface area (Å²) in [5.74, 6) is 1.28. The number of pyridine rings is 1. The fourth-order valence-corrected chi connectivity index (χ4v) is 2.67. The van der Waals surface area contributed by atoms with E-state index in [1.165, 1.54) is 0 Å². The van der Waals surface area contributed by atoms with Crippen LogP contribution in [-0.2, 0) is 0 Å². The molecule has 2 aromatic heterocycles. The number of anilines is 2. The highest BCUT2D eigenvalue weighted by molar-refractivity contribution is 6.21. The van der Waals surface area contributed by atoms with Crippen molar-refractivity contribution in [2.75, 3.05) is 5.32 Å². The molecule has 1 aromatic carbocycles. The molecule has 0 atom stereocenters. The molecule has 0 saturated heterocycles. The van der Waals surface area contributed by atoms with E-state index in [4.69, 9.17) is 0 Å². The Bertz CT molecular complexity index is 1030. The number of rotatable bonds is 3. The summed E-state index contributed by atoms with van der Waals surface area (Å²) >= 11 is 0. The smallest absolute Gasteiger partial charge is 0.273 e. The number of aromatic nitrogens is 3. The van der Waals surface area contributed by atoms with Crippen LogP contribution in [0.25, 0.3) is 11.6 Å². The van der Waals surface area contributed by atoms with E-state index in [1.807, 2.05) is 49.4 Å². The third kappa shape index (κ3) is 2.54. The average molecular weight is 317 g/mol. The summed E-state index contributed by atoms with van der Waals surface area (Å²) in [6, 6.07) is 11.7. The van der Waals surface area contributed by atoms with Crippen LogP contribution in [0.2, 0.25) is 0 Å². The summed E-state index contributed by atoms with van der Waals surface area (Å²) in [6.07, 6.45) is 5.23. The van der Waals surface area contributed by atoms with Gasteiger partial charge in [-0.15, -0.1) is 0 Å². The lowest BCUT2D eigenvalue weighted by atomic mass is 10.1. The SMILES string of the molecule is Cc1cccc(Nc2[nH][nH]c(=O)c2C=C2C=Nc3ncccc32)c1. The molecule has 0 spiro atoms. The quantitative estimate of drug-likeness (QED) is 0.692. The largest absolute Gasteiger partial charge is 0.340 e. The van der Waals surface area contributed by atoms with Crippen molar-refractivity contribution < 1.29 is 0 Å². The van der Waals surface area contributed by atoms with E-state index in [0.717, 1.165) is 22.4 Å². The molecule has 0 saturated carbocycles. The van der Waals surface area contributed by atoms with E-state index in [2.05, 4.69) is 25.5 Å². The van der Waals surface area contributed by atoms with Crippen LogP contribution in [0.15, 0.2) is 52.4 Å². The highest BCUT2D eigenvalue weighted by atomic mass is 16.1. The van der Waals surface area contributed by atoms with Crippen LogP contribution in [0.5, 0.6) is 0 Å². The van der Waals surface area contributed by atoms with Crippen LogP contribution in [0.4, 0.5) is 17.3 Å². The van der Waals surface area contributed by atoms with Gasteiger partial charge in [0.1, 0.15) is 5.82 Å². The number of H-pyrrole nitrogens is 2. The van der Waals surface area contributed by atoms with Gasteiger partial charge in [0.15, 0.2) is 5.82 Å². The molecule has 3 aromatic rings. The van der Waals surface area contributed by atoms with Crippen LogP contribution in [0, 0.1) is 6.92 Å². The Balaban J connectivity index is 1.73. The molecule has 24 heavy (non-hydrogen) atoms. The maximum Gasteiger partial charge on any atom is 0.273 e. The molecule has 1 aliphatic rings. The van der Waals surface area contributed by atoms with Gasteiger partial charge in [0.25, 0.3) is 5.56 Å². The van der Waals surface area contributed by atoms with Crippen LogP contribution < -0.4 is 10.9 Å². The van der Waals surface area contributed by atoms with Crippen molar-refractivity contribution in [1.29, 1.82) is 0 Å². The molecule has 1 aliphatic heterocycles. The van der Waals surface area contributed by atoms with Crippen molar-refractivity contribution in [3.63, 3.8) is 0 Å². The van der Waals surface area contributed by atoms with Gasteiger partial charge in [0, 0.05) is 29.2 Å². The van der Waals surface area contributed by atoms with Crippen molar-refractivity contribution >= 4 is 35.2 Å². The number of benzene rings is 1. The Labute approximate surface area is 138 Å². The van der Waals surface area contributed by atoms with Gasteiger partial charge in [-0.05, 0) is 42.8 Å². The zero-order valence-electron chi connectivity index (χ0n) is 13.0. The van der Waals surface area contributed by atoms with Crippen molar-refractivity contribution in [3.05, 3.63) is 69.6 Å². The highest BCUT2D eigenvalue weighted by Crippen LogP contribution is 2.30. The molecule has 3 N–H and O–H groups in total. The molecule has 0 fully saturated rings. The lowest BCUT2D eigenvalue weighted by Crippen LogP contribution is -2.03. The van der Waals surface area contributed by atoms with Gasteiger partial charge in [-0.25, -0.2) is 9.98 Å². The Morgan fingerprint density at radius 1 is 1.17 bits per heavy atom. The molecule has 0 unspecified atom stereocenters. The summed E-state index contributed by atoms with van der Waals surface area (Å²) < 4.78 is 0. The second-order valence-electron chi connectivity index (χ2n) is 5.59. The zero-order chi connectivity index (χ0) is 16.5. The average Bonchev–Trinajstić information content (AvgIpc) is 3.14. The van der Waals surface area contributed by atoms with Crippen molar-refractivity contribution in [2.45, 2.75) is 6.92 Å². The second-order valence-corrected chi connectivity index (χ2v) is 5.59. The number of hydrogen-bond acceptors (Lipinski definition) is 4. The van der Waals surface area contributed by atoms with Crippen LogP contribution in [0.3, 0.4) is 0 Å². The molecule has 118 valence electrons. The lowest BCUT2D eigenvalue weighted by molar-refractivity contribution is 1.06. The number of fused-ring (bicyclic) bond motifs is 1. The molecular formula is C18H15N5O. The van der Waals surface area contributed by atoms with Gasteiger partial charge in [0.2, 0.25) is 0 Å². The van der Waals surface area contributed by atoms with Gasteiger partial charge in [-0.3, -0.25) is 15.0 Å². The molecule has 6 nitrogen and oxygen atoms in total. The Morgan fingerprint density at radius 2 is 2.08 bits per heavy atom. The number of aryl methyl sites for hydroxylation is 1. The summed E-state index contributed by atoms with van der Waals surface area (Å²) in [6.45, 7) is 2.02. The minimum absolute atomic E-state index is 0.191. The third-order valence-corrected chi connectivity index (χ3v) is 3.83. The maximum atomic E-state index is 12.2. The Morgan fingerprint density at radius 3 is 2.96 bits per heavy atom. The first-order valence-electron chi connectivity index (χ1n) is 7.56. The van der Waals surface area contributed by atoms with Crippen molar-refractivity contribution in [2.24, 2.45) is 4.99 Å². The highest BCUT2D eigenvalue weighted by Gasteiger charge is 2.15. The number of hydrogen-bond donors (Lipinski definition) is 3. The van der Waals surface area contributed by atoms with E-state index in [9.17, 15) is 4.79 Å². The van der Waals surface area contributed by atoms with Crippen molar-refractivity contribution in [1.82, 2.24) is 15.2 Å². The third-order valence-electron chi connectivity index (χ3n) is 3.83. The number of aliphatic imine (C=N–C) groups is 1. The first-order valence-corrected chi connectivity index (χ1v) is 7.56. The molecule has 0 radical (unpaired) electrons. The Kier molecular flexibility index (Phi) is 3.35. The molecule has 3 heterocycles. The molecule has 0 amide bonds. The van der Waals surface area contributed by atoms with Gasteiger partial charge >= 0.3 is 0 Å². The zero-order valence-corrected chi connectivity index (χ0v) is 13.0. The summed E-state index contributed by atoms with van der Waals surface area (Å²) in [5.41, 5.74) is 4.15. The number of nitrogens with zero attached hydrogens (tertiary/aromatic N) is 2. The standard InChI is InChI=1S/C18H15N5O/c1-11-4-2-5-13(8-11)21-17-15(18(24)23-22-17)9-12-10-20-16-14(12)6-3-7-19-16/h2-10H,1H3,(H3,21,22,23,24). The monoisotopic (exact) mass is 317 g/mol. The molecule has 6 heteroatoms. The summed E-state index contributed by atoms with van der Waals surface area (Å²) in [7, 11) is 0. The van der Waals surface area contributed by atoms with Gasteiger partial charge in [-0.1, -0.05) is 12.1 Å². The van der Waals surface area contributed by atoms with Crippen molar-refractivity contribution in [3.8, 4) is 0 Å². The molecule has 4 rings (SSSR count). The van der Waals surface area contributed by atoms with E-state index in [0.29, 0.717) is 17.2 Å². The first-order chi connectivity index (χ1) is 11.7. The van der Waals surface area contributed by atoms with E-state index in [1.54, 1.807) is 12.4 Å². The molecule has 0 bridgehead atoms. The Hall–Kier alpha value is -3.41. The van der Waals surface area contributed by atoms with Gasteiger partial charge < -0.3 is 5.32 Å². The number of aromatic amines is 2. The maximum absolute atomic E-state index is 12.2. The van der Waals surface area contributed by atoms with Gasteiger partial charge in [-0.2, -0.15) is 0 Å². The second kappa shape index (κ2) is 5.66. The van der Waals surface area contributed by atoms with Crippen LogP contribution in [0.1, 0.15) is 16.7 Å². The normalized spacial score (nSPS) is 14.1. The summed E-state index contributed by atoms with van der Waals surface area (Å²) in [5, 5.41) is 8.75. The first kappa shape index (κ1) is 14.2. The van der Waals surface area contributed by atoms with E-state index in [-0.39, 0.29) is 5.56 Å². The predicted molar refractivity (Wildman–Crippen MR) is 96.1 cm³/mol. The van der Waals surface area contributed by atoms with Crippen LogP contribution in [-0.4, -0.2) is 21.4 Å². The molecular weight excluding hydrogens is 302 g/mol. The minimum atomic E-state index is -0.191. The molecule has 0 aliphatic carbocycles. The fraction of sp³-hybridized carbons (Fsp3) is 0.0556. The predicted octanol–water partition coefficient (Wildman–Crippen LogP) is 3.41. The van der Waals surface area contributed by atoms with Crippen LogP contribution >= 0.6 is 0 Å². The van der Waals surface area contributed by atoms with E-state index >= 15 is 0 Å². The fourth-order valence-electron chi connectivity index (χ4n) is 2.67. The summed E-state index contributed by atoms with van der Waals surface area (Å²) in [4.78, 5) is 20.6. The topological polar surface area (TPSA) is 85.9 Å². The van der Waals surface area contributed by atoms with E-state index < -0.39 is 0 Å². The number of nitrogens with one attached hydrogen (secondary N) is 3. The lowest BCUT2D eigenvalue weighted by Gasteiger charge is -2.06.